The van der Waals surface area contributed by atoms with Crippen molar-refractivity contribution in [2.24, 2.45) is 0 Å². The van der Waals surface area contributed by atoms with Crippen LogP contribution in [0.15, 0.2) is 72.8 Å². The fourth-order valence-electron chi connectivity index (χ4n) is 2.75. The first kappa shape index (κ1) is 19.5. The fourth-order valence-corrected chi connectivity index (χ4v) is 2.87. The van der Waals surface area contributed by atoms with Gasteiger partial charge in [-0.25, -0.2) is 0 Å². The van der Waals surface area contributed by atoms with Gasteiger partial charge in [-0.3, -0.25) is 4.79 Å². The van der Waals surface area contributed by atoms with E-state index >= 15 is 0 Å². The highest BCUT2D eigenvalue weighted by atomic mass is 35.5. The Balaban J connectivity index is 1.53. The van der Waals surface area contributed by atoms with Crippen molar-refractivity contribution >= 4 is 17.5 Å². The van der Waals surface area contributed by atoms with E-state index < -0.39 is 0 Å². The summed E-state index contributed by atoms with van der Waals surface area (Å²) in [6.45, 7) is 1.85. The summed E-state index contributed by atoms with van der Waals surface area (Å²) in [5.74, 6) is 0.422. The van der Waals surface area contributed by atoms with Crippen molar-refractivity contribution in [3.05, 3.63) is 88.9 Å². The van der Waals surface area contributed by atoms with Crippen LogP contribution in [0.5, 0.6) is 5.75 Å². The molecule has 1 N–H and O–H groups in total. The number of nitrogens with one attached hydrogen (secondary N) is 1. The number of hydrogen-bond acceptors (Lipinski definition) is 3. The number of nitrogens with zero attached hydrogens (tertiary/aromatic N) is 1. The van der Waals surface area contributed by atoms with Crippen LogP contribution in [0, 0.1) is 11.3 Å². The Hall–Kier alpha value is -3.29. The molecule has 1 amide bonds. The number of nitriles is 1. The normalized spacial score (nSPS) is 11.3. The Morgan fingerprint density at radius 2 is 1.57 bits per heavy atom. The Morgan fingerprint density at radius 3 is 2.14 bits per heavy atom. The first-order chi connectivity index (χ1) is 13.5. The van der Waals surface area contributed by atoms with E-state index in [0.29, 0.717) is 16.3 Å². The average Bonchev–Trinajstić information content (AvgIpc) is 2.73. The molecule has 3 aromatic rings. The van der Waals surface area contributed by atoms with Gasteiger partial charge in [-0.15, -0.1) is 0 Å². The van der Waals surface area contributed by atoms with Crippen LogP contribution >= 0.6 is 11.6 Å². The molecule has 3 rings (SSSR count). The smallest absolute Gasteiger partial charge is 0.258 e. The Kier molecular flexibility index (Phi) is 6.31. The summed E-state index contributed by atoms with van der Waals surface area (Å²) in [4.78, 5) is 12.1. The van der Waals surface area contributed by atoms with Crippen LogP contribution < -0.4 is 10.1 Å². The summed E-state index contributed by atoms with van der Waals surface area (Å²) in [6, 6.07) is 24.2. The maximum atomic E-state index is 12.1. The van der Waals surface area contributed by atoms with Gasteiger partial charge < -0.3 is 10.1 Å². The maximum Gasteiger partial charge on any atom is 0.258 e. The summed E-state index contributed by atoms with van der Waals surface area (Å²) < 4.78 is 5.57. The molecule has 0 spiro atoms. The van der Waals surface area contributed by atoms with Gasteiger partial charge in [0.1, 0.15) is 5.75 Å². The third-order valence-electron chi connectivity index (χ3n) is 4.32. The molecule has 5 heteroatoms. The standard InChI is InChI=1S/C23H19ClN2O2/c1-16(18-6-10-21(24)11-7-18)26-23(27)15-28-22-12-8-20(9-13-22)19-4-2-17(14-25)3-5-19/h2-13,16H,15H2,1H3,(H,26,27)/t16-/m1/s1. The largest absolute Gasteiger partial charge is 0.484 e. The average molecular weight is 391 g/mol. The minimum Gasteiger partial charge on any atom is -0.484 e. The van der Waals surface area contributed by atoms with Crippen molar-refractivity contribution in [3.8, 4) is 22.9 Å². The molecule has 0 aromatic heterocycles. The first-order valence-electron chi connectivity index (χ1n) is 8.83. The molecule has 140 valence electrons. The van der Waals surface area contributed by atoms with Crippen LogP contribution in [0.4, 0.5) is 0 Å². The summed E-state index contributed by atoms with van der Waals surface area (Å²) in [5.41, 5.74) is 3.63. The monoisotopic (exact) mass is 390 g/mol. The predicted octanol–water partition coefficient (Wildman–Crippen LogP) is 5.13. The van der Waals surface area contributed by atoms with Gasteiger partial charge in [0.2, 0.25) is 0 Å². The van der Waals surface area contributed by atoms with Crippen LogP contribution in [-0.4, -0.2) is 12.5 Å². The second-order valence-electron chi connectivity index (χ2n) is 6.34. The first-order valence-corrected chi connectivity index (χ1v) is 9.21. The lowest BCUT2D eigenvalue weighted by Crippen LogP contribution is -2.31. The quantitative estimate of drug-likeness (QED) is 0.634. The highest BCUT2D eigenvalue weighted by Crippen LogP contribution is 2.23. The van der Waals surface area contributed by atoms with Crippen molar-refractivity contribution in [1.29, 1.82) is 5.26 Å². The van der Waals surface area contributed by atoms with Crippen molar-refractivity contribution in [2.45, 2.75) is 13.0 Å². The van der Waals surface area contributed by atoms with E-state index in [9.17, 15) is 4.79 Å². The molecule has 0 aliphatic carbocycles. The molecule has 0 unspecified atom stereocenters. The number of halogens is 1. The highest BCUT2D eigenvalue weighted by molar-refractivity contribution is 6.30. The Bertz CT molecular complexity index is 975. The molecule has 0 heterocycles. The van der Waals surface area contributed by atoms with Crippen LogP contribution in [-0.2, 0) is 4.79 Å². The zero-order valence-electron chi connectivity index (χ0n) is 15.4. The third-order valence-corrected chi connectivity index (χ3v) is 4.57. The highest BCUT2D eigenvalue weighted by Gasteiger charge is 2.10. The number of carbonyl (C=O) groups excluding carboxylic acids is 1. The molecule has 0 saturated carbocycles. The lowest BCUT2D eigenvalue weighted by atomic mass is 10.0. The minimum absolute atomic E-state index is 0.0614. The number of hydrogen-bond donors (Lipinski definition) is 1. The van der Waals surface area contributed by atoms with Gasteiger partial charge >= 0.3 is 0 Å². The molecule has 28 heavy (non-hydrogen) atoms. The van der Waals surface area contributed by atoms with Crippen LogP contribution in [0.3, 0.4) is 0 Å². The fraction of sp³-hybridized carbons (Fsp3) is 0.130. The molecule has 0 aliphatic heterocycles. The van der Waals surface area contributed by atoms with Gasteiger partial charge in [-0.05, 0) is 60.0 Å². The van der Waals surface area contributed by atoms with Crippen LogP contribution in [0.2, 0.25) is 5.02 Å². The van der Waals surface area contributed by atoms with E-state index in [2.05, 4.69) is 11.4 Å². The van der Waals surface area contributed by atoms with Crippen LogP contribution in [0.1, 0.15) is 24.1 Å². The Morgan fingerprint density at radius 1 is 1.00 bits per heavy atom. The van der Waals surface area contributed by atoms with E-state index in [1.165, 1.54) is 0 Å². The van der Waals surface area contributed by atoms with Crippen molar-refractivity contribution < 1.29 is 9.53 Å². The van der Waals surface area contributed by atoms with Crippen molar-refractivity contribution in [3.63, 3.8) is 0 Å². The second-order valence-corrected chi connectivity index (χ2v) is 6.78. The SMILES string of the molecule is C[C@@H](NC(=O)COc1ccc(-c2ccc(C#N)cc2)cc1)c1ccc(Cl)cc1. The molecule has 1 atom stereocenters. The third kappa shape index (κ3) is 5.12. The molecule has 0 saturated heterocycles. The summed E-state index contributed by atoms with van der Waals surface area (Å²) in [5, 5.41) is 12.4. The van der Waals surface area contributed by atoms with Crippen LogP contribution in [0.25, 0.3) is 11.1 Å². The predicted molar refractivity (Wildman–Crippen MR) is 110 cm³/mol. The molecule has 4 nitrogen and oxygen atoms in total. The van der Waals surface area contributed by atoms with Gasteiger partial charge in [-0.2, -0.15) is 5.26 Å². The number of carbonyl (C=O) groups is 1. The zero-order chi connectivity index (χ0) is 19.9. The van der Waals surface area contributed by atoms with Gasteiger partial charge in [0.15, 0.2) is 6.61 Å². The lowest BCUT2D eigenvalue weighted by molar-refractivity contribution is -0.123. The molecule has 0 bridgehead atoms. The summed E-state index contributed by atoms with van der Waals surface area (Å²) in [7, 11) is 0. The molecule has 3 aromatic carbocycles. The van der Waals surface area contributed by atoms with Gasteiger partial charge in [-0.1, -0.05) is 48.0 Å². The molecule has 0 fully saturated rings. The van der Waals surface area contributed by atoms with Gasteiger partial charge in [0, 0.05) is 5.02 Å². The van der Waals surface area contributed by atoms with Crippen molar-refractivity contribution in [2.75, 3.05) is 6.61 Å². The maximum absolute atomic E-state index is 12.1. The van der Waals surface area contributed by atoms with E-state index in [1.807, 2.05) is 55.5 Å². The van der Waals surface area contributed by atoms with Crippen molar-refractivity contribution in [1.82, 2.24) is 5.32 Å². The lowest BCUT2D eigenvalue weighted by Gasteiger charge is -2.15. The number of rotatable bonds is 6. The number of ether oxygens (including phenoxy) is 1. The number of amides is 1. The van der Waals surface area contributed by atoms with E-state index in [-0.39, 0.29) is 18.6 Å². The number of benzene rings is 3. The zero-order valence-corrected chi connectivity index (χ0v) is 16.1. The molecular formula is C23H19ClN2O2. The summed E-state index contributed by atoms with van der Waals surface area (Å²) in [6.07, 6.45) is 0. The topological polar surface area (TPSA) is 62.1 Å². The molecular weight excluding hydrogens is 372 g/mol. The van der Waals surface area contributed by atoms with Gasteiger partial charge in [0.25, 0.3) is 5.91 Å². The minimum atomic E-state index is -0.196. The van der Waals surface area contributed by atoms with Gasteiger partial charge in [0.05, 0.1) is 17.7 Å². The molecule has 0 aliphatic rings. The van der Waals surface area contributed by atoms with E-state index in [4.69, 9.17) is 21.6 Å². The van der Waals surface area contributed by atoms with E-state index in [1.54, 1.807) is 24.3 Å². The Labute approximate surface area is 169 Å². The summed E-state index contributed by atoms with van der Waals surface area (Å²) >= 11 is 5.88. The van der Waals surface area contributed by atoms with E-state index in [0.717, 1.165) is 16.7 Å². The molecule has 0 radical (unpaired) electrons. The second kappa shape index (κ2) is 9.07.